The Hall–Kier alpha value is -2.62. The molecule has 2 aliphatic rings. The van der Waals surface area contributed by atoms with Crippen molar-refractivity contribution >= 4 is 22.9 Å². The van der Waals surface area contributed by atoms with Gasteiger partial charge in [-0.3, -0.25) is 14.6 Å². The molecule has 3 heterocycles. The second kappa shape index (κ2) is 10.8. The number of benzene rings is 1. The minimum Gasteiger partial charge on any atom is -0.462 e. The fourth-order valence-corrected chi connectivity index (χ4v) is 4.81. The third-order valence-corrected chi connectivity index (χ3v) is 7.19. The zero-order valence-electron chi connectivity index (χ0n) is 19.7. The van der Waals surface area contributed by atoms with Crippen LogP contribution in [0.2, 0.25) is 0 Å². The quantitative estimate of drug-likeness (QED) is 0.604. The molecule has 9 heteroatoms. The van der Waals surface area contributed by atoms with E-state index in [0.29, 0.717) is 31.3 Å². The number of hydrogen-bond donors (Lipinski definition) is 2. The largest absolute Gasteiger partial charge is 0.462 e. The number of ether oxygens (including phenoxy) is 1. The van der Waals surface area contributed by atoms with Crippen molar-refractivity contribution in [3.8, 4) is 0 Å². The number of rotatable bonds is 1. The highest BCUT2D eigenvalue weighted by Gasteiger charge is 2.42. The maximum atomic E-state index is 13.3. The zero-order chi connectivity index (χ0) is 24.1. The highest BCUT2D eigenvalue weighted by molar-refractivity contribution is 5.93. The Morgan fingerprint density at radius 3 is 2.53 bits per heavy atom. The Morgan fingerprint density at radius 2 is 1.76 bits per heavy atom. The number of carbonyl (C=O) groups excluding carboxylic acids is 2. The van der Waals surface area contributed by atoms with Crippen LogP contribution in [-0.2, 0) is 9.53 Å². The first kappa shape index (κ1) is 24.5. The lowest BCUT2D eigenvalue weighted by molar-refractivity contribution is -0.164. The summed E-state index contributed by atoms with van der Waals surface area (Å²) in [6.45, 7) is 2.11. The zero-order valence-corrected chi connectivity index (χ0v) is 19.7. The van der Waals surface area contributed by atoms with Gasteiger partial charge in [0.05, 0.1) is 28.7 Å². The Bertz CT molecular complexity index is 1010. The fourth-order valence-electron chi connectivity index (χ4n) is 4.81. The van der Waals surface area contributed by atoms with Crippen LogP contribution in [0.4, 0.5) is 0 Å². The number of carbonyl (C=O) groups is 2. The molecule has 0 radical (unpaired) electrons. The van der Waals surface area contributed by atoms with E-state index in [2.05, 4.69) is 14.9 Å². The summed E-state index contributed by atoms with van der Waals surface area (Å²) in [6.07, 6.45) is 2.92. The number of likely N-dealkylation sites (tertiary alicyclic amines) is 1. The van der Waals surface area contributed by atoms with Crippen molar-refractivity contribution in [1.82, 2.24) is 19.8 Å². The van der Waals surface area contributed by atoms with Gasteiger partial charge < -0.3 is 24.7 Å². The van der Waals surface area contributed by atoms with E-state index in [-0.39, 0.29) is 37.1 Å². The highest BCUT2D eigenvalue weighted by atomic mass is 16.5. The number of aliphatic hydroxyl groups is 2. The second-order valence-corrected chi connectivity index (χ2v) is 9.60. The van der Waals surface area contributed by atoms with Crippen LogP contribution in [0.15, 0.2) is 30.5 Å². The fraction of sp³-hybridized carbons (Fsp3) is 0.600. The van der Waals surface area contributed by atoms with Crippen LogP contribution in [0, 0.1) is 5.41 Å². The van der Waals surface area contributed by atoms with Gasteiger partial charge in [0, 0.05) is 13.1 Å². The molecule has 1 aromatic carbocycles. The van der Waals surface area contributed by atoms with E-state index < -0.39 is 17.6 Å². The molecule has 34 heavy (non-hydrogen) atoms. The highest BCUT2D eigenvalue weighted by Crippen LogP contribution is 2.38. The minimum atomic E-state index is -1.20. The van der Waals surface area contributed by atoms with Crippen LogP contribution in [0.3, 0.4) is 0 Å². The topological polar surface area (TPSA) is 116 Å². The molecule has 1 spiro atoms. The Morgan fingerprint density at radius 1 is 1.03 bits per heavy atom. The van der Waals surface area contributed by atoms with Crippen molar-refractivity contribution in [2.75, 3.05) is 39.8 Å². The first-order valence-corrected chi connectivity index (χ1v) is 12.1. The number of fused-ring (bicyclic) bond motifs is 1. The maximum absolute atomic E-state index is 13.3. The molecule has 0 saturated carbocycles. The van der Waals surface area contributed by atoms with Crippen LogP contribution >= 0.6 is 0 Å². The minimum absolute atomic E-state index is 0.168. The van der Waals surface area contributed by atoms with Crippen LogP contribution < -0.4 is 0 Å². The molecule has 9 nitrogen and oxygen atoms in total. The van der Waals surface area contributed by atoms with Gasteiger partial charge in [-0.25, -0.2) is 4.98 Å². The third kappa shape index (κ3) is 5.54. The summed E-state index contributed by atoms with van der Waals surface area (Å²) >= 11 is 0. The Kier molecular flexibility index (Phi) is 7.75. The molecule has 0 bridgehead atoms. The number of piperidine rings is 1. The van der Waals surface area contributed by atoms with E-state index in [1.807, 2.05) is 31.3 Å². The number of aromatic nitrogens is 2. The number of cyclic esters (lactones) is 1. The van der Waals surface area contributed by atoms with Gasteiger partial charge in [-0.15, -0.1) is 0 Å². The average Bonchev–Trinajstić information content (AvgIpc) is 2.87. The number of hydrogen-bond acceptors (Lipinski definition) is 8. The normalized spacial score (nSPS) is 25.3. The summed E-state index contributed by atoms with van der Waals surface area (Å²) in [5.74, 6) is -0.540. The van der Waals surface area contributed by atoms with E-state index in [4.69, 9.17) is 4.74 Å². The second-order valence-electron chi connectivity index (χ2n) is 9.60. The molecular weight excluding hydrogens is 436 g/mol. The molecule has 2 aromatic rings. The van der Waals surface area contributed by atoms with Crippen LogP contribution in [0.25, 0.3) is 11.0 Å². The summed E-state index contributed by atoms with van der Waals surface area (Å²) in [4.78, 5) is 39.0. The van der Waals surface area contributed by atoms with Gasteiger partial charge in [-0.05, 0) is 64.4 Å². The number of amides is 1. The van der Waals surface area contributed by atoms with Crippen LogP contribution in [0.1, 0.15) is 49.0 Å². The van der Waals surface area contributed by atoms with Gasteiger partial charge in [0.15, 0.2) is 0 Å². The van der Waals surface area contributed by atoms with Crippen molar-refractivity contribution in [2.24, 2.45) is 5.41 Å². The lowest BCUT2D eigenvalue weighted by atomic mass is 9.74. The molecule has 4 rings (SSSR count). The van der Waals surface area contributed by atoms with Crippen molar-refractivity contribution in [2.45, 2.75) is 50.7 Å². The molecule has 2 saturated heterocycles. The van der Waals surface area contributed by atoms with E-state index >= 15 is 0 Å². The molecule has 184 valence electrons. The summed E-state index contributed by atoms with van der Waals surface area (Å²) in [7, 11) is 2.04. The van der Waals surface area contributed by atoms with Gasteiger partial charge in [0.2, 0.25) is 0 Å². The first-order chi connectivity index (χ1) is 16.4. The summed E-state index contributed by atoms with van der Waals surface area (Å²) in [6, 6.07) is 7.38. The predicted molar refractivity (Wildman–Crippen MR) is 126 cm³/mol. The third-order valence-electron chi connectivity index (χ3n) is 7.19. The molecule has 2 N–H and O–H groups in total. The SMILES string of the molecule is CN1CCC2(CCCCN(C(=O)c3cnc4ccccc4n3)CC[C@H](O)[C@H](O)COC2=O)CC1. The molecule has 2 atom stereocenters. The number of esters is 1. The lowest BCUT2D eigenvalue weighted by Crippen LogP contribution is -2.45. The molecule has 0 unspecified atom stereocenters. The van der Waals surface area contributed by atoms with E-state index in [9.17, 15) is 19.8 Å². The Labute approximate surface area is 199 Å². The van der Waals surface area contributed by atoms with Crippen LogP contribution in [-0.4, -0.2) is 93.9 Å². The average molecular weight is 471 g/mol. The van der Waals surface area contributed by atoms with Gasteiger partial charge in [-0.2, -0.15) is 0 Å². The lowest BCUT2D eigenvalue weighted by Gasteiger charge is -2.39. The molecule has 1 amide bonds. The molecule has 0 aliphatic carbocycles. The predicted octanol–water partition coefficient (Wildman–Crippen LogP) is 1.62. The van der Waals surface area contributed by atoms with Crippen molar-refractivity contribution in [3.63, 3.8) is 0 Å². The van der Waals surface area contributed by atoms with Gasteiger partial charge in [0.25, 0.3) is 5.91 Å². The van der Waals surface area contributed by atoms with Gasteiger partial charge >= 0.3 is 5.97 Å². The molecule has 2 aliphatic heterocycles. The summed E-state index contributed by atoms with van der Waals surface area (Å²) < 4.78 is 5.49. The van der Waals surface area contributed by atoms with Crippen molar-refractivity contribution in [3.05, 3.63) is 36.2 Å². The van der Waals surface area contributed by atoms with Crippen molar-refractivity contribution < 1.29 is 24.5 Å². The summed E-state index contributed by atoms with van der Waals surface area (Å²) in [5.41, 5.74) is 1.04. The number of aliphatic hydroxyl groups excluding tert-OH is 2. The number of nitrogens with zero attached hydrogens (tertiary/aromatic N) is 4. The Balaban J connectivity index is 1.51. The van der Waals surface area contributed by atoms with Crippen molar-refractivity contribution in [1.29, 1.82) is 0 Å². The van der Waals surface area contributed by atoms with Gasteiger partial charge in [-0.1, -0.05) is 18.6 Å². The maximum Gasteiger partial charge on any atom is 0.312 e. The molecule has 2 fully saturated rings. The first-order valence-electron chi connectivity index (χ1n) is 12.1. The van der Waals surface area contributed by atoms with E-state index in [0.717, 1.165) is 31.4 Å². The monoisotopic (exact) mass is 470 g/mol. The standard InChI is InChI=1S/C25H34N4O5/c1-28-14-10-25(11-15-28)9-4-5-12-29(13-8-21(30)22(31)17-34-24(25)33)23(32)20-16-26-18-6-2-3-7-19(18)27-20/h2-3,6-7,16,21-22,30-31H,4-5,8-15,17H2,1H3/t21-,22+/m0/s1. The smallest absolute Gasteiger partial charge is 0.312 e. The number of para-hydroxylation sites is 2. The molecule has 1 aromatic heterocycles. The summed E-state index contributed by atoms with van der Waals surface area (Å²) in [5, 5.41) is 20.8. The van der Waals surface area contributed by atoms with E-state index in [1.165, 1.54) is 6.20 Å². The van der Waals surface area contributed by atoms with Gasteiger partial charge in [0.1, 0.15) is 18.4 Å². The van der Waals surface area contributed by atoms with E-state index in [1.54, 1.807) is 4.90 Å². The molecular formula is C25H34N4O5. The van der Waals surface area contributed by atoms with Crippen LogP contribution in [0.5, 0.6) is 0 Å².